The summed E-state index contributed by atoms with van der Waals surface area (Å²) >= 11 is 0. The Bertz CT molecular complexity index is 369. The van der Waals surface area contributed by atoms with Crippen molar-refractivity contribution in [2.45, 2.75) is 52.2 Å². The van der Waals surface area contributed by atoms with Crippen molar-refractivity contribution in [2.75, 3.05) is 13.2 Å². The third-order valence-electron chi connectivity index (χ3n) is 3.79. The maximum atomic E-state index is 12.9. The molecule has 0 spiro atoms. The van der Waals surface area contributed by atoms with Crippen molar-refractivity contribution in [2.24, 2.45) is 5.92 Å². The Morgan fingerprint density at radius 2 is 2.05 bits per heavy atom. The molecule has 2 aliphatic rings. The van der Waals surface area contributed by atoms with Crippen LogP contribution in [0.3, 0.4) is 0 Å². The Labute approximate surface area is 116 Å². The third kappa shape index (κ3) is 3.59. The van der Waals surface area contributed by atoms with Crippen molar-refractivity contribution in [1.82, 2.24) is 5.01 Å². The summed E-state index contributed by atoms with van der Waals surface area (Å²) < 4.78 is 5.33. The lowest BCUT2D eigenvalue weighted by atomic mass is 10.1. The van der Waals surface area contributed by atoms with Gasteiger partial charge >= 0.3 is 0 Å². The summed E-state index contributed by atoms with van der Waals surface area (Å²) in [5.74, 6) is 0.718. The fourth-order valence-electron chi connectivity index (χ4n) is 2.48. The van der Waals surface area contributed by atoms with Crippen LogP contribution in [-0.2, 0) is 4.74 Å². The fourth-order valence-corrected chi connectivity index (χ4v) is 2.48. The van der Waals surface area contributed by atoms with Gasteiger partial charge in [0.1, 0.15) is 12.7 Å². The number of hydrogen-bond donors (Lipinski definition) is 0. The van der Waals surface area contributed by atoms with E-state index in [0.717, 1.165) is 5.92 Å². The van der Waals surface area contributed by atoms with Crippen LogP contribution < -0.4 is 0 Å². The van der Waals surface area contributed by atoms with Crippen molar-refractivity contribution >= 4 is 0 Å². The molecule has 4 heteroatoms. The quantitative estimate of drug-likeness (QED) is 0.566. The Hall–Kier alpha value is -0.840. The van der Waals surface area contributed by atoms with E-state index in [-0.39, 0.29) is 5.54 Å². The van der Waals surface area contributed by atoms with E-state index in [2.05, 4.69) is 27.7 Å². The molecular weight excluding hydrogens is 240 g/mol. The van der Waals surface area contributed by atoms with Gasteiger partial charge < -0.3 is 9.94 Å². The monoisotopic (exact) mass is 266 g/mol. The van der Waals surface area contributed by atoms with E-state index in [1.165, 1.54) is 12.8 Å². The molecule has 2 unspecified atom stereocenters. The molecule has 1 saturated carbocycles. The average molecular weight is 266 g/mol. The molecular formula is C15H26N2O2. The van der Waals surface area contributed by atoms with Crippen molar-refractivity contribution in [3.05, 3.63) is 29.8 Å². The zero-order valence-electron chi connectivity index (χ0n) is 12.5. The van der Waals surface area contributed by atoms with Crippen LogP contribution in [-0.4, -0.2) is 34.6 Å². The van der Waals surface area contributed by atoms with Crippen LogP contribution in [0.2, 0.25) is 0 Å². The van der Waals surface area contributed by atoms with Gasteiger partial charge in [-0.2, -0.15) is 0 Å². The molecule has 0 N–H and O–H groups in total. The van der Waals surface area contributed by atoms with Crippen molar-refractivity contribution in [1.29, 1.82) is 0 Å². The van der Waals surface area contributed by atoms with Gasteiger partial charge in [0.15, 0.2) is 0 Å². The molecule has 108 valence electrons. The molecule has 4 nitrogen and oxygen atoms in total. The first kappa shape index (κ1) is 14.6. The maximum absolute atomic E-state index is 12.9. The Morgan fingerprint density at radius 1 is 1.37 bits per heavy atom. The lowest BCUT2D eigenvalue weighted by Crippen LogP contribution is -2.59. The van der Waals surface area contributed by atoms with Gasteiger partial charge in [-0.15, -0.1) is 0 Å². The van der Waals surface area contributed by atoms with E-state index < -0.39 is 4.76 Å². The molecule has 19 heavy (non-hydrogen) atoms. The topological polar surface area (TPSA) is 35.5 Å². The Kier molecular flexibility index (Phi) is 4.04. The molecule has 0 amide bonds. The molecule has 0 radical (unpaired) electrons. The lowest BCUT2D eigenvalue weighted by molar-refractivity contribution is -0.951. The fraction of sp³-hybridized carbons (Fsp3) is 0.733. The highest BCUT2D eigenvalue weighted by Crippen LogP contribution is 2.34. The molecule has 2 rings (SSSR count). The zero-order valence-corrected chi connectivity index (χ0v) is 12.5. The molecule has 2 atom stereocenters. The zero-order chi connectivity index (χ0) is 14.1. The summed E-state index contributed by atoms with van der Waals surface area (Å²) in [4.78, 5) is 0. The first-order valence-electron chi connectivity index (χ1n) is 7.19. The molecule has 0 aromatic carbocycles. The summed E-state index contributed by atoms with van der Waals surface area (Å²) in [5.41, 5.74) is -0.203. The minimum atomic E-state index is -0.461. The Balaban J connectivity index is 1.91. The van der Waals surface area contributed by atoms with Crippen LogP contribution >= 0.6 is 0 Å². The normalized spacial score (nSPS) is 28.8. The highest BCUT2D eigenvalue weighted by Gasteiger charge is 2.34. The van der Waals surface area contributed by atoms with E-state index in [1.54, 1.807) is 6.20 Å². The second-order valence-corrected chi connectivity index (χ2v) is 6.59. The number of ether oxygens (including phenoxy) is 1. The molecule has 0 aromatic rings. The predicted molar refractivity (Wildman–Crippen MR) is 76.5 cm³/mol. The van der Waals surface area contributed by atoms with Crippen LogP contribution in [0.25, 0.3) is 0 Å². The minimum absolute atomic E-state index is 0.203. The minimum Gasteiger partial charge on any atom is -0.601 e. The van der Waals surface area contributed by atoms with E-state index in [1.807, 2.05) is 23.4 Å². The van der Waals surface area contributed by atoms with Crippen LogP contribution in [0.5, 0.6) is 0 Å². The number of quaternary nitrogens is 1. The highest BCUT2D eigenvalue weighted by atomic mass is 16.6. The molecule has 1 fully saturated rings. The predicted octanol–water partition coefficient (Wildman–Crippen LogP) is 3.17. The summed E-state index contributed by atoms with van der Waals surface area (Å²) in [6, 6.07) is 0. The second kappa shape index (κ2) is 5.27. The molecule has 0 saturated heterocycles. The van der Waals surface area contributed by atoms with Gasteiger partial charge in [0.05, 0.1) is 24.4 Å². The van der Waals surface area contributed by atoms with Crippen LogP contribution in [0, 0.1) is 11.1 Å². The van der Waals surface area contributed by atoms with E-state index >= 15 is 0 Å². The largest absolute Gasteiger partial charge is 0.601 e. The highest BCUT2D eigenvalue weighted by molar-refractivity contribution is 5.04. The maximum Gasteiger partial charge on any atom is 0.129 e. The van der Waals surface area contributed by atoms with Gasteiger partial charge in [-0.25, -0.2) is 9.76 Å². The molecule has 1 aliphatic carbocycles. The summed E-state index contributed by atoms with van der Waals surface area (Å²) in [6.45, 7) is 9.20. The second-order valence-electron chi connectivity index (χ2n) is 6.59. The Morgan fingerprint density at radius 3 is 2.63 bits per heavy atom. The lowest BCUT2D eigenvalue weighted by Gasteiger charge is -2.52. The first-order chi connectivity index (χ1) is 8.83. The third-order valence-corrected chi connectivity index (χ3v) is 3.79. The smallest absolute Gasteiger partial charge is 0.129 e. The van der Waals surface area contributed by atoms with Crippen molar-refractivity contribution in [3.63, 3.8) is 0 Å². The van der Waals surface area contributed by atoms with Gasteiger partial charge in [0.25, 0.3) is 0 Å². The van der Waals surface area contributed by atoms with Crippen LogP contribution in [0.1, 0.15) is 40.5 Å². The number of allylic oxidation sites excluding steroid dienone is 2. The molecule has 0 bridgehead atoms. The number of nitrogens with zero attached hydrogens (tertiary/aromatic N) is 2. The van der Waals surface area contributed by atoms with Crippen molar-refractivity contribution in [3.8, 4) is 0 Å². The van der Waals surface area contributed by atoms with Gasteiger partial charge in [-0.1, -0.05) is 0 Å². The molecule has 1 heterocycles. The van der Waals surface area contributed by atoms with E-state index in [0.29, 0.717) is 19.3 Å². The first-order valence-corrected chi connectivity index (χ1v) is 7.19. The van der Waals surface area contributed by atoms with Crippen LogP contribution in [0.15, 0.2) is 24.6 Å². The summed E-state index contributed by atoms with van der Waals surface area (Å²) in [7, 11) is 0. The molecule has 0 aromatic heterocycles. The number of hydrogen-bond acceptors (Lipinski definition) is 3. The summed E-state index contributed by atoms with van der Waals surface area (Å²) in [5, 5.41) is 14.7. The number of rotatable bonds is 5. The summed E-state index contributed by atoms with van der Waals surface area (Å²) in [6.07, 6.45) is 10.1. The standard InChI is InChI=1S/C15H26N2O2/c1-13(14-7-8-14)19-12-11-17(18)10-6-5-9-16(17)15(2,3)4/h5-6,9-10,13-14H,7-8,11-12H2,1-4H3. The van der Waals surface area contributed by atoms with Gasteiger partial charge in [-0.3, -0.25) is 0 Å². The van der Waals surface area contributed by atoms with Gasteiger partial charge in [0.2, 0.25) is 0 Å². The average Bonchev–Trinajstić information content (AvgIpc) is 3.11. The molecule has 1 aliphatic heterocycles. The van der Waals surface area contributed by atoms with Crippen LogP contribution in [0.4, 0.5) is 0 Å². The van der Waals surface area contributed by atoms with Gasteiger partial charge in [-0.05, 0) is 58.6 Å². The van der Waals surface area contributed by atoms with Crippen molar-refractivity contribution < 1.29 is 9.49 Å². The van der Waals surface area contributed by atoms with E-state index in [9.17, 15) is 5.21 Å². The van der Waals surface area contributed by atoms with Gasteiger partial charge in [0, 0.05) is 0 Å². The number of hydroxylamine groups is 2. The van der Waals surface area contributed by atoms with E-state index in [4.69, 9.17) is 4.74 Å². The SMILES string of the molecule is CC(OCC[N+]1([O-])C=CC=CN1C(C)(C)C)C1CC1.